The van der Waals surface area contributed by atoms with Gasteiger partial charge < -0.3 is 15.4 Å². The summed E-state index contributed by atoms with van der Waals surface area (Å²) >= 11 is 3.39. The molecule has 2 N–H and O–H groups in total. The molecule has 1 fully saturated rings. The SMILES string of the molecule is NC(CN1CCOC1=O)c1cccc(Br)c1. The normalized spacial score (nSPS) is 17.4. The van der Waals surface area contributed by atoms with Gasteiger partial charge in [0.2, 0.25) is 0 Å². The molecule has 1 heterocycles. The van der Waals surface area contributed by atoms with Crippen molar-refractivity contribution in [1.82, 2.24) is 4.90 Å². The summed E-state index contributed by atoms with van der Waals surface area (Å²) in [5.74, 6) is 0. The van der Waals surface area contributed by atoms with Gasteiger partial charge in [-0.2, -0.15) is 0 Å². The Morgan fingerprint density at radius 1 is 1.56 bits per heavy atom. The van der Waals surface area contributed by atoms with Gasteiger partial charge in [0, 0.05) is 17.1 Å². The molecule has 4 nitrogen and oxygen atoms in total. The van der Waals surface area contributed by atoms with Gasteiger partial charge in [0.1, 0.15) is 6.61 Å². The second-order valence-electron chi connectivity index (χ2n) is 3.72. The number of rotatable bonds is 3. The van der Waals surface area contributed by atoms with E-state index in [1.165, 1.54) is 0 Å². The minimum atomic E-state index is -0.273. The van der Waals surface area contributed by atoms with Gasteiger partial charge >= 0.3 is 6.09 Å². The fourth-order valence-corrected chi connectivity index (χ4v) is 2.09. The van der Waals surface area contributed by atoms with Crippen molar-refractivity contribution in [3.05, 3.63) is 34.3 Å². The molecule has 5 heteroatoms. The van der Waals surface area contributed by atoms with Crippen LogP contribution in [0.3, 0.4) is 0 Å². The summed E-state index contributed by atoms with van der Waals surface area (Å²) in [6.07, 6.45) is -0.273. The third kappa shape index (κ3) is 2.54. The van der Waals surface area contributed by atoms with Crippen molar-refractivity contribution < 1.29 is 9.53 Å². The Kier molecular flexibility index (Phi) is 3.46. The summed E-state index contributed by atoms with van der Waals surface area (Å²) in [5.41, 5.74) is 7.04. The molecule has 0 radical (unpaired) electrons. The van der Waals surface area contributed by atoms with Crippen molar-refractivity contribution in [2.75, 3.05) is 19.7 Å². The largest absolute Gasteiger partial charge is 0.448 e. The van der Waals surface area contributed by atoms with Crippen LogP contribution in [0.4, 0.5) is 4.79 Å². The number of hydrogen-bond donors (Lipinski definition) is 1. The van der Waals surface area contributed by atoms with Crippen molar-refractivity contribution in [2.45, 2.75) is 6.04 Å². The number of ether oxygens (including phenoxy) is 1. The van der Waals surface area contributed by atoms with Gasteiger partial charge in [0.25, 0.3) is 0 Å². The van der Waals surface area contributed by atoms with E-state index in [1.54, 1.807) is 4.90 Å². The van der Waals surface area contributed by atoms with Gasteiger partial charge in [0.15, 0.2) is 0 Å². The molecule has 1 saturated heterocycles. The van der Waals surface area contributed by atoms with E-state index in [4.69, 9.17) is 10.5 Å². The molecular formula is C11H13BrN2O2. The van der Waals surface area contributed by atoms with E-state index in [0.717, 1.165) is 10.0 Å². The molecule has 1 aliphatic heterocycles. The molecule has 2 rings (SSSR count). The molecule has 0 aliphatic carbocycles. The van der Waals surface area contributed by atoms with E-state index < -0.39 is 0 Å². The van der Waals surface area contributed by atoms with Crippen molar-refractivity contribution in [2.24, 2.45) is 5.73 Å². The van der Waals surface area contributed by atoms with Crippen LogP contribution in [0.1, 0.15) is 11.6 Å². The predicted octanol–water partition coefficient (Wildman–Crippen LogP) is 1.90. The summed E-state index contributed by atoms with van der Waals surface area (Å²) in [4.78, 5) is 12.9. The highest BCUT2D eigenvalue weighted by atomic mass is 79.9. The van der Waals surface area contributed by atoms with Crippen molar-refractivity contribution >= 4 is 22.0 Å². The Morgan fingerprint density at radius 2 is 2.38 bits per heavy atom. The number of benzene rings is 1. The second-order valence-corrected chi connectivity index (χ2v) is 4.64. The Bertz CT molecular complexity index is 397. The number of hydrogen-bond acceptors (Lipinski definition) is 3. The predicted molar refractivity (Wildman–Crippen MR) is 64.0 cm³/mol. The Balaban J connectivity index is 2.02. The summed E-state index contributed by atoms with van der Waals surface area (Å²) in [5, 5.41) is 0. The van der Waals surface area contributed by atoms with Crippen LogP contribution in [0.25, 0.3) is 0 Å². The summed E-state index contributed by atoms with van der Waals surface area (Å²) in [6, 6.07) is 7.62. The van der Waals surface area contributed by atoms with E-state index in [-0.39, 0.29) is 12.1 Å². The van der Waals surface area contributed by atoms with E-state index in [9.17, 15) is 4.79 Å². The lowest BCUT2D eigenvalue weighted by atomic mass is 10.1. The molecular weight excluding hydrogens is 272 g/mol. The van der Waals surface area contributed by atoms with Crippen molar-refractivity contribution in [3.63, 3.8) is 0 Å². The first-order valence-corrected chi connectivity index (χ1v) is 5.89. The fraction of sp³-hybridized carbons (Fsp3) is 0.364. The lowest BCUT2D eigenvalue weighted by molar-refractivity contribution is 0.157. The first-order valence-electron chi connectivity index (χ1n) is 5.09. The molecule has 1 unspecified atom stereocenters. The molecule has 16 heavy (non-hydrogen) atoms. The zero-order valence-electron chi connectivity index (χ0n) is 8.73. The molecule has 1 amide bonds. The van der Waals surface area contributed by atoms with E-state index in [2.05, 4.69) is 15.9 Å². The van der Waals surface area contributed by atoms with Crippen LogP contribution in [0, 0.1) is 0 Å². The third-order valence-corrected chi connectivity index (χ3v) is 3.03. The third-order valence-electron chi connectivity index (χ3n) is 2.54. The lowest BCUT2D eigenvalue weighted by Gasteiger charge is -2.18. The minimum Gasteiger partial charge on any atom is -0.448 e. The Hall–Kier alpha value is -1.07. The number of carbonyl (C=O) groups excluding carboxylic acids is 1. The Labute approximate surface area is 102 Å². The molecule has 0 bridgehead atoms. The zero-order valence-corrected chi connectivity index (χ0v) is 10.3. The number of nitrogens with zero attached hydrogens (tertiary/aromatic N) is 1. The van der Waals surface area contributed by atoms with Crippen LogP contribution >= 0.6 is 15.9 Å². The van der Waals surface area contributed by atoms with Gasteiger partial charge in [-0.1, -0.05) is 28.1 Å². The van der Waals surface area contributed by atoms with Crippen LogP contribution in [0.5, 0.6) is 0 Å². The molecule has 1 atom stereocenters. The van der Waals surface area contributed by atoms with Crippen molar-refractivity contribution in [1.29, 1.82) is 0 Å². The maximum atomic E-state index is 11.2. The smallest absolute Gasteiger partial charge is 0.410 e. The molecule has 1 aromatic carbocycles. The van der Waals surface area contributed by atoms with E-state index in [1.807, 2.05) is 24.3 Å². The van der Waals surface area contributed by atoms with Gasteiger partial charge in [-0.05, 0) is 17.7 Å². The molecule has 0 spiro atoms. The zero-order chi connectivity index (χ0) is 11.5. The highest BCUT2D eigenvalue weighted by Gasteiger charge is 2.24. The van der Waals surface area contributed by atoms with Crippen molar-refractivity contribution in [3.8, 4) is 0 Å². The van der Waals surface area contributed by atoms with Gasteiger partial charge in [-0.25, -0.2) is 4.79 Å². The average molecular weight is 285 g/mol. The van der Waals surface area contributed by atoms with Crippen LogP contribution in [0.2, 0.25) is 0 Å². The van der Waals surface area contributed by atoms with Crippen LogP contribution in [-0.4, -0.2) is 30.7 Å². The number of carbonyl (C=O) groups is 1. The minimum absolute atomic E-state index is 0.178. The lowest BCUT2D eigenvalue weighted by Crippen LogP contribution is -2.32. The maximum Gasteiger partial charge on any atom is 0.410 e. The van der Waals surface area contributed by atoms with E-state index in [0.29, 0.717) is 19.7 Å². The first kappa shape index (κ1) is 11.4. The summed E-state index contributed by atoms with van der Waals surface area (Å²) in [6.45, 7) is 1.58. The van der Waals surface area contributed by atoms with Crippen LogP contribution in [0.15, 0.2) is 28.7 Å². The molecule has 0 aromatic heterocycles. The Morgan fingerprint density at radius 3 is 3.00 bits per heavy atom. The molecule has 86 valence electrons. The molecule has 1 aliphatic rings. The average Bonchev–Trinajstić information content (AvgIpc) is 2.64. The van der Waals surface area contributed by atoms with Crippen LogP contribution < -0.4 is 5.73 Å². The quantitative estimate of drug-likeness (QED) is 0.922. The monoisotopic (exact) mass is 284 g/mol. The standard InChI is InChI=1S/C11H13BrN2O2/c12-9-3-1-2-8(6-9)10(13)7-14-4-5-16-11(14)15/h1-3,6,10H,4-5,7,13H2. The second kappa shape index (κ2) is 4.84. The van der Waals surface area contributed by atoms with E-state index >= 15 is 0 Å². The summed E-state index contributed by atoms with van der Waals surface area (Å²) < 4.78 is 5.84. The highest BCUT2D eigenvalue weighted by molar-refractivity contribution is 9.10. The molecule has 1 aromatic rings. The number of halogens is 1. The van der Waals surface area contributed by atoms with Gasteiger partial charge in [0.05, 0.1) is 6.54 Å². The number of amides is 1. The first-order chi connectivity index (χ1) is 7.66. The summed E-state index contributed by atoms with van der Waals surface area (Å²) in [7, 11) is 0. The number of nitrogens with two attached hydrogens (primary N) is 1. The molecule has 0 saturated carbocycles. The maximum absolute atomic E-state index is 11.2. The topological polar surface area (TPSA) is 55.6 Å². The number of cyclic esters (lactones) is 1. The van der Waals surface area contributed by atoms with Gasteiger partial charge in [-0.15, -0.1) is 0 Å². The highest BCUT2D eigenvalue weighted by Crippen LogP contribution is 2.18. The van der Waals surface area contributed by atoms with Crippen LogP contribution in [-0.2, 0) is 4.74 Å². The fourth-order valence-electron chi connectivity index (χ4n) is 1.67. The van der Waals surface area contributed by atoms with Gasteiger partial charge in [-0.3, -0.25) is 0 Å².